The number of fused-ring (bicyclic) bond motifs is 3. The Labute approximate surface area is 128 Å². The van der Waals surface area contributed by atoms with Gasteiger partial charge in [0, 0.05) is 16.3 Å². The standard InChI is InChI=1S/C20H15NO/c1-13-18(15-8-3-2-4-9-15)17-12-11-14-7-5-6-10-16(14)19(17)21-20(13)22/h2-12H,1H3,(H,21,22). The molecule has 0 spiro atoms. The van der Waals surface area contributed by atoms with Crippen molar-refractivity contribution in [1.82, 2.24) is 4.98 Å². The number of aromatic nitrogens is 1. The quantitative estimate of drug-likeness (QED) is 0.507. The largest absolute Gasteiger partial charge is 0.321 e. The van der Waals surface area contributed by atoms with Crippen LogP contribution < -0.4 is 5.56 Å². The van der Waals surface area contributed by atoms with Crippen molar-refractivity contribution in [2.45, 2.75) is 6.92 Å². The Hall–Kier alpha value is -2.87. The minimum atomic E-state index is -0.0253. The van der Waals surface area contributed by atoms with Gasteiger partial charge >= 0.3 is 0 Å². The fraction of sp³-hybridized carbons (Fsp3) is 0.0500. The fourth-order valence-corrected chi connectivity index (χ4v) is 3.11. The third-order valence-electron chi connectivity index (χ3n) is 4.21. The number of aromatic amines is 1. The second kappa shape index (κ2) is 4.85. The number of pyridine rings is 1. The highest BCUT2D eigenvalue weighted by atomic mass is 16.1. The van der Waals surface area contributed by atoms with Crippen LogP contribution in [0.1, 0.15) is 5.56 Å². The molecule has 1 aromatic heterocycles. The molecular formula is C20H15NO. The maximum atomic E-state index is 12.4. The smallest absolute Gasteiger partial charge is 0.251 e. The Balaban J connectivity index is 2.23. The molecule has 0 radical (unpaired) electrons. The number of hydrogen-bond acceptors (Lipinski definition) is 1. The van der Waals surface area contributed by atoms with Gasteiger partial charge in [0.15, 0.2) is 0 Å². The van der Waals surface area contributed by atoms with E-state index in [1.54, 1.807) is 0 Å². The lowest BCUT2D eigenvalue weighted by atomic mass is 9.95. The zero-order valence-corrected chi connectivity index (χ0v) is 12.3. The van der Waals surface area contributed by atoms with Gasteiger partial charge in [-0.3, -0.25) is 4.79 Å². The molecule has 0 bridgehead atoms. The first-order valence-corrected chi connectivity index (χ1v) is 7.35. The predicted molar refractivity (Wildman–Crippen MR) is 92.2 cm³/mol. The van der Waals surface area contributed by atoms with Crippen LogP contribution in [-0.2, 0) is 0 Å². The van der Waals surface area contributed by atoms with Crippen molar-refractivity contribution in [2.24, 2.45) is 0 Å². The summed E-state index contributed by atoms with van der Waals surface area (Å²) in [5.41, 5.74) is 3.74. The van der Waals surface area contributed by atoms with E-state index in [0.29, 0.717) is 0 Å². The fourth-order valence-electron chi connectivity index (χ4n) is 3.11. The number of hydrogen-bond donors (Lipinski definition) is 1. The molecule has 0 fully saturated rings. The summed E-state index contributed by atoms with van der Waals surface area (Å²) in [4.78, 5) is 15.5. The molecule has 0 aliphatic heterocycles. The van der Waals surface area contributed by atoms with E-state index in [1.807, 2.05) is 37.3 Å². The van der Waals surface area contributed by atoms with Crippen molar-refractivity contribution in [3.8, 4) is 11.1 Å². The Bertz CT molecular complexity index is 1050. The van der Waals surface area contributed by atoms with Crippen LogP contribution in [-0.4, -0.2) is 4.98 Å². The molecule has 0 unspecified atom stereocenters. The molecule has 4 aromatic rings. The van der Waals surface area contributed by atoms with Crippen molar-refractivity contribution < 1.29 is 0 Å². The van der Waals surface area contributed by atoms with E-state index in [4.69, 9.17) is 0 Å². The zero-order valence-electron chi connectivity index (χ0n) is 12.3. The van der Waals surface area contributed by atoms with E-state index in [0.717, 1.165) is 38.4 Å². The molecule has 0 aliphatic carbocycles. The average Bonchev–Trinajstić information content (AvgIpc) is 2.57. The summed E-state index contributed by atoms with van der Waals surface area (Å²) in [5, 5.41) is 3.30. The monoisotopic (exact) mass is 285 g/mol. The summed E-state index contributed by atoms with van der Waals surface area (Å²) in [7, 11) is 0. The van der Waals surface area contributed by atoms with Gasteiger partial charge in [0.1, 0.15) is 0 Å². The van der Waals surface area contributed by atoms with Crippen molar-refractivity contribution in [3.05, 3.63) is 82.6 Å². The summed E-state index contributed by atoms with van der Waals surface area (Å²) >= 11 is 0. The minimum absolute atomic E-state index is 0.0253. The Morgan fingerprint density at radius 3 is 2.32 bits per heavy atom. The SMILES string of the molecule is Cc1c(-c2ccccc2)c2ccc3ccccc3c2[nH]c1=O. The second-order valence-corrected chi connectivity index (χ2v) is 5.53. The lowest BCUT2D eigenvalue weighted by Gasteiger charge is -2.12. The van der Waals surface area contributed by atoms with Crippen LogP contribution >= 0.6 is 0 Å². The maximum absolute atomic E-state index is 12.4. The highest BCUT2D eigenvalue weighted by Gasteiger charge is 2.12. The Morgan fingerprint density at radius 1 is 0.773 bits per heavy atom. The minimum Gasteiger partial charge on any atom is -0.321 e. The van der Waals surface area contributed by atoms with Crippen LogP contribution in [0.4, 0.5) is 0 Å². The van der Waals surface area contributed by atoms with E-state index < -0.39 is 0 Å². The van der Waals surface area contributed by atoms with Crippen LogP contribution in [0.15, 0.2) is 71.5 Å². The summed E-state index contributed by atoms with van der Waals surface area (Å²) in [6.07, 6.45) is 0. The highest BCUT2D eigenvalue weighted by Crippen LogP contribution is 2.32. The lowest BCUT2D eigenvalue weighted by molar-refractivity contribution is 1.24. The zero-order chi connectivity index (χ0) is 15.1. The summed E-state index contributed by atoms with van der Waals surface area (Å²) in [5.74, 6) is 0. The van der Waals surface area contributed by atoms with Crippen LogP contribution in [0.25, 0.3) is 32.8 Å². The molecule has 0 atom stereocenters. The number of nitrogens with one attached hydrogen (secondary N) is 1. The number of rotatable bonds is 1. The highest BCUT2D eigenvalue weighted by molar-refractivity contribution is 6.10. The normalized spacial score (nSPS) is 11.1. The Morgan fingerprint density at radius 2 is 1.50 bits per heavy atom. The van der Waals surface area contributed by atoms with Gasteiger partial charge in [0.05, 0.1) is 5.52 Å². The van der Waals surface area contributed by atoms with Gasteiger partial charge in [-0.15, -0.1) is 0 Å². The van der Waals surface area contributed by atoms with Crippen molar-refractivity contribution in [2.75, 3.05) is 0 Å². The van der Waals surface area contributed by atoms with Gasteiger partial charge in [-0.2, -0.15) is 0 Å². The van der Waals surface area contributed by atoms with Gasteiger partial charge in [-0.25, -0.2) is 0 Å². The molecule has 22 heavy (non-hydrogen) atoms. The number of H-pyrrole nitrogens is 1. The molecule has 2 heteroatoms. The first-order chi connectivity index (χ1) is 10.8. The van der Waals surface area contributed by atoms with E-state index in [9.17, 15) is 4.79 Å². The molecule has 4 rings (SSSR count). The van der Waals surface area contributed by atoms with Crippen molar-refractivity contribution in [1.29, 1.82) is 0 Å². The summed E-state index contributed by atoms with van der Waals surface area (Å²) in [6, 6.07) is 22.4. The van der Waals surface area contributed by atoms with Crippen molar-refractivity contribution in [3.63, 3.8) is 0 Å². The molecule has 0 aliphatic rings. The molecule has 3 aromatic carbocycles. The van der Waals surface area contributed by atoms with E-state index in [1.165, 1.54) is 0 Å². The topological polar surface area (TPSA) is 32.9 Å². The summed E-state index contributed by atoms with van der Waals surface area (Å²) in [6.45, 7) is 1.88. The maximum Gasteiger partial charge on any atom is 0.251 e. The Kier molecular flexibility index (Phi) is 2.83. The number of benzene rings is 3. The van der Waals surface area contributed by atoms with E-state index in [2.05, 4.69) is 41.4 Å². The molecule has 1 N–H and O–H groups in total. The molecule has 2 nitrogen and oxygen atoms in total. The van der Waals surface area contributed by atoms with E-state index >= 15 is 0 Å². The van der Waals surface area contributed by atoms with Crippen LogP contribution in [0, 0.1) is 6.92 Å². The lowest BCUT2D eigenvalue weighted by Crippen LogP contribution is -2.11. The first-order valence-electron chi connectivity index (χ1n) is 7.35. The van der Waals surface area contributed by atoms with Crippen LogP contribution in [0.2, 0.25) is 0 Å². The van der Waals surface area contributed by atoms with Crippen LogP contribution in [0.3, 0.4) is 0 Å². The third kappa shape index (κ3) is 1.85. The second-order valence-electron chi connectivity index (χ2n) is 5.53. The van der Waals surface area contributed by atoms with Crippen molar-refractivity contribution >= 4 is 21.7 Å². The average molecular weight is 285 g/mol. The van der Waals surface area contributed by atoms with Gasteiger partial charge in [-0.1, -0.05) is 66.7 Å². The molecule has 1 heterocycles. The molecule has 0 saturated heterocycles. The van der Waals surface area contributed by atoms with E-state index in [-0.39, 0.29) is 5.56 Å². The molecular weight excluding hydrogens is 270 g/mol. The summed E-state index contributed by atoms with van der Waals surface area (Å²) < 4.78 is 0. The molecule has 0 saturated carbocycles. The molecule has 106 valence electrons. The molecule has 0 amide bonds. The first kappa shape index (κ1) is 12.8. The van der Waals surface area contributed by atoms with Gasteiger partial charge in [-0.05, 0) is 23.4 Å². The predicted octanol–water partition coefficient (Wildman–Crippen LogP) is 4.66. The van der Waals surface area contributed by atoms with Crippen LogP contribution in [0.5, 0.6) is 0 Å². The van der Waals surface area contributed by atoms with Gasteiger partial charge in [0.2, 0.25) is 0 Å². The van der Waals surface area contributed by atoms with Gasteiger partial charge < -0.3 is 4.98 Å². The van der Waals surface area contributed by atoms with Gasteiger partial charge in [0.25, 0.3) is 5.56 Å². The third-order valence-corrected chi connectivity index (χ3v) is 4.21.